The molecule has 33 heavy (non-hydrogen) atoms. The SMILES string of the molecule is O=C1C(=O)N(c2nccs2)C(c2cccc(Oc3ccccc3)c2)C1=C(O)c1ccncc1. The molecule has 1 saturated heterocycles. The summed E-state index contributed by atoms with van der Waals surface area (Å²) in [5.41, 5.74) is 0.982. The van der Waals surface area contributed by atoms with E-state index in [1.165, 1.54) is 28.6 Å². The lowest BCUT2D eigenvalue weighted by Crippen LogP contribution is -2.29. The van der Waals surface area contributed by atoms with Crippen LogP contribution in [0.1, 0.15) is 17.2 Å². The van der Waals surface area contributed by atoms with Crippen LogP contribution in [0.3, 0.4) is 0 Å². The summed E-state index contributed by atoms with van der Waals surface area (Å²) in [5, 5.41) is 13.2. The Balaban J connectivity index is 1.65. The number of hydrogen-bond acceptors (Lipinski definition) is 7. The van der Waals surface area contributed by atoms with Gasteiger partial charge in [0.25, 0.3) is 5.78 Å². The van der Waals surface area contributed by atoms with Gasteiger partial charge in [-0.3, -0.25) is 19.5 Å². The van der Waals surface area contributed by atoms with E-state index in [1.807, 2.05) is 30.3 Å². The van der Waals surface area contributed by atoms with E-state index in [0.717, 1.165) is 0 Å². The van der Waals surface area contributed by atoms with E-state index >= 15 is 0 Å². The van der Waals surface area contributed by atoms with Crippen LogP contribution in [0.4, 0.5) is 5.13 Å². The zero-order chi connectivity index (χ0) is 22.8. The number of carbonyl (C=O) groups is 2. The monoisotopic (exact) mass is 455 g/mol. The fourth-order valence-electron chi connectivity index (χ4n) is 3.72. The summed E-state index contributed by atoms with van der Waals surface area (Å²) in [6, 6.07) is 18.7. The molecular weight excluding hydrogens is 438 g/mol. The van der Waals surface area contributed by atoms with Gasteiger partial charge in [-0.15, -0.1) is 11.3 Å². The molecule has 1 amide bonds. The Kier molecular flexibility index (Phi) is 5.42. The number of rotatable bonds is 5. The van der Waals surface area contributed by atoms with Gasteiger partial charge in [-0.05, 0) is 42.0 Å². The first-order valence-electron chi connectivity index (χ1n) is 10.1. The van der Waals surface area contributed by atoms with Crippen molar-refractivity contribution in [3.05, 3.63) is 107 Å². The Morgan fingerprint density at radius 3 is 2.42 bits per heavy atom. The lowest BCUT2D eigenvalue weighted by Gasteiger charge is -2.23. The number of pyridine rings is 1. The molecule has 0 aliphatic carbocycles. The highest BCUT2D eigenvalue weighted by Gasteiger charge is 2.48. The summed E-state index contributed by atoms with van der Waals surface area (Å²) in [4.78, 5) is 35.7. The number of amides is 1. The molecule has 4 aromatic rings. The maximum Gasteiger partial charge on any atom is 0.301 e. The third-order valence-corrected chi connectivity index (χ3v) is 5.95. The van der Waals surface area contributed by atoms with Crippen molar-refractivity contribution in [1.82, 2.24) is 9.97 Å². The van der Waals surface area contributed by atoms with Crippen LogP contribution in [0.5, 0.6) is 11.5 Å². The average Bonchev–Trinajstić information content (AvgIpc) is 3.47. The molecule has 0 saturated carbocycles. The van der Waals surface area contributed by atoms with Crippen molar-refractivity contribution in [3.63, 3.8) is 0 Å². The van der Waals surface area contributed by atoms with Crippen molar-refractivity contribution in [3.8, 4) is 11.5 Å². The highest BCUT2D eigenvalue weighted by atomic mass is 32.1. The van der Waals surface area contributed by atoms with Crippen molar-refractivity contribution < 1.29 is 19.4 Å². The van der Waals surface area contributed by atoms with E-state index in [4.69, 9.17) is 4.74 Å². The summed E-state index contributed by atoms with van der Waals surface area (Å²) < 4.78 is 5.95. The van der Waals surface area contributed by atoms with Crippen LogP contribution < -0.4 is 9.64 Å². The molecule has 162 valence electrons. The van der Waals surface area contributed by atoms with Crippen LogP contribution in [0.2, 0.25) is 0 Å². The lowest BCUT2D eigenvalue weighted by molar-refractivity contribution is -0.132. The lowest BCUT2D eigenvalue weighted by atomic mass is 9.95. The Morgan fingerprint density at radius 1 is 0.939 bits per heavy atom. The molecule has 5 rings (SSSR count). The van der Waals surface area contributed by atoms with Gasteiger partial charge in [0, 0.05) is 29.5 Å². The van der Waals surface area contributed by atoms with Crippen molar-refractivity contribution in [2.45, 2.75) is 6.04 Å². The van der Waals surface area contributed by atoms with Gasteiger partial charge in [0.05, 0.1) is 11.6 Å². The molecular formula is C25H17N3O4S. The number of ether oxygens (including phenoxy) is 1. The van der Waals surface area contributed by atoms with Gasteiger partial charge < -0.3 is 9.84 Å². The van der Waals surface area contributed by atoms with E-state index in [1.54, 1.807) is 48.0 Å². The molecule has 3 heterocycles. The van der Waals surface area contributed by atoms with Crippen molar-refractivity contribution in [2.75, 3.05) is 4.90 Å². The number of Topliss-reactive ketones (excluding diaryl/α,β-unsaturated/α-hetero) is 1. The minimum absolute atomic E-state index is 0.0155. The molecule has 1 unspecified atom stereocenters. The van der Waals surface area contributed by atoms with Crippen molar-refractivity contribution in [1.29, 1.82) is 0 Å². The molecule has 0 bridgehead atoms. The van der Waals surface area contributed by atoms with Crippen LogP contribution in [-0.2, 0) is 9.59 Å². The number of aliphatic hydroxyl groups is 1. The largest absolute Gasteiger partial charge is 0.507 e. The van der Waals surface area contributed by atoms with Gasteiger partial charge in [-0.2, -0.15) is 0 Å². The normalized spacial score (nSPS) is 17.3. The predicted molar refractivity (Wildman–Crippen MR) is 124 cm³/mol. The van der Waals surface area contributed by atoms with E-state index < -0.39 is 17.7 Å². The average molecular weight is 455 g/mol. The second-order valence-electron chi connectivity index (χ2n) is 7.21. The number of ketones is 1. The van der Waals surface area contributed by atoms with E-state index in [2.05, 4.69) is 9.97 Å². The minimum Gasteiger partial charge on any atom is -0.507 e. The number of aromatic nitrogens is 2. The minimum atomic E-state index is -0.872. The number of carbonyl (C=O) groups excluding carboxylic acids is 2. The van der Waals surface area contributed by atoms with Crippen molar-refractivity contribution >= 4 is 33.9 Å². The molecule has 1 aliphatic rings. The Morgan fingerprint density at radius 2 is 1.70 bits per heavy atom. The molecule has 2 aromatic carbocycles. The quantitative estimate of drug-likeness (QED) is 0.260. The highest BCUT2D eigenvalue weighted by molar-refractivity contribution is 7.14. The Labute approximate surface area is 193 Å². The number of benzene rings is 2. The number of hydrogen-bond donors (Lipinski definition) is 1. The van der Waals surface area contributed by atoms with Gasteiger partial charge >= 0.3 is 5.91 Å². The molecule has 1 atom stereocenters. The topological polar surface area (TPSA) is 92.6 Å². The fourth-order valence-corrected chi connectivity index (χ4v) is 4.39. The van der Waals surface area contributed by atoms with Crippen LogP contribution in [0.15, 0.2) is 96.3 Å². The van der Waals surface area contributed by atoms with Gasteiger partial charge in [-0.1, -0.05) is 30.3 Å². The van der Waals surface area contributed by atoms with Crippen molar-refractivity contribution in [2.24, 2.45) is 0 Å². The van der Waals surface area contributed by atoms with Crippen LogP contribution >= 0.6 is 11.3 Å². The number of nitrogens with zero attached hydrogens (tertiary/aromatic N) is 3. The van der Waals surface area contributed by atoms with Gasteiger partial charge in [0.15, 0.2) is 5.13 Å². The molecule has 1 N–H and O–H groups in total. The molecule has 8 heteroatoms. The first kappa shape index (κ1) is 20.6. The molecule has 2 aromatic heterocycles. The van der Waals surface area contributed by atoms with Gasteiger partial charge in [0.2, 0.25) is 0 Å². The second-order valence-corrected chi connectivity index (χ2v) is 8.08. The first-order valence-corrected chi connectivity index (χ1v) is 10.9. The standard InChI is InChI=1S/C25H17N3O4S/c29-22(16-9-11-26-12-10-16)20-21(28(24(31)23(20)30)25-27-13-14-33-25)17-5-4-8-19(15-17)32-18-6-2-1-3-7-18/h1-15,21,29H. The zero-order valence-electron chi connectivity index (χ0n) is 17.2. The summed E-state index contributed by atoms with van der Waals surface area (Å²) >= 11 is 1.24. The second kappa shape index (κ2) is 8.68. The Bertz CT molecular complexity index is 1340. The Hall–Kier alpha value is -4.30. The molecule has 0 radical (unpaired) electrons. The summed E-state index contributed by atoms with van der Waals surface area (Å²) in [6.07, 6.45) is 4.58. The highest BCUT2D eigenvalue weighted by Crippen LogP contribution is 2.43. The van der Waals surface area contributed by atoms with E-state index in [9.17, 15) is 14.7 Å². The third kappa shape index (κ3) is 3.88. The zero-order valence-corrected chi connectivity index (χ0v) is 18.0. The van der Waals surface area contributed by atoms with Crippen LogP contribution in [0.25, 0.3) is 5.76 Å². The summed E-state index contributed by atoms with van der Waals surface area (Å²) in [5.74, 6) is -0.610. The van der Waals surface area contributed by atoms with Gasteiger partial charge in [0.1, 0.15) is 17.3 Å². The maximum atomic E-state index is 13.1. The maximum absolute atomic E-state index is 13.1. The molecule has 0 spiro atoms. The summed E-state index contributed by atoms with van der Waals surface area (Å²) in [6.45, 7) is 0. The number of aliphatic hydroxyl groups excluding tert-OH is 1. The number of para-hydroxylation sites is 1. The molecule has 1 aliphatic heterocycles. The summed E-state index contributed by atoms with van der Waals surface area (Å²) in [7, 11) is 0. The molecule has 1 fully saturated rings. The molecule has 7 nitrogen and oxygen atoms in total. The van der Waals surface area contributed by atoms with E-state index in [-0.39, 0.29) is 11.3 Å². The predicted octanol–water partition coefficient (Wildman–Crippen LogP) is 4.96. The smallest absolute Gasteiger partial charge is 0.301 e. The van der Waals surface area contributed by atoms with E-state index in [0.29, 0.717) is 27.8 Å². The van der Waals surface area contributed by atoms with Gasteiger partial charge in [-0.25, -0.2) is 4.98 Å². The van der Waals surface area contributed by atoms with Crippen LogP contribution in [-0.4, -0.2) is 26.8 Å². The van der Waals surface area contributed by atoms with Crippen LogP contribution in [0, 0.1) is 0 Å². The fraction of sp³-hybridized carbons (Fsp3) is 0.0400. The first-order chi connectivity index (χ1) is 16.1. The number of anilines is 1. The number of thiazole rings is 1. The third-order valence-electron chi connectivity index (χ3n) is 5.18.